The van der Waals surface area contributed by atoms with Gasteiger partial charge in [0.05, 0.1) is 6.10 Å². The van der Waals surface area contributed by atoms with E-state index in [0.29, 0.717) is 19.4 Å². The molecule has 1 atom stereocenters. The van der Waals surface area contributed by atoms with Crippen LogP contribution in [0.15, 0.2) is 0 Å². The van der Waals surface area contributed by atoms with E-state index < -0.39 is 6.10 Å². The molecule has 0 radical (unpaired) electrons. The minimum Gasteiger partial charge on any atom is -0.391 e. The van der Waals surface area contributed by atoms with Gasteiger partial charge in [0.25, 0.3) is 0 Å². The van der Waals surface area contributed by atoms with E-state index in [4.69, 9.17) is 0 Å². The second-order valence-electron chi connectivity index (χ2n) is 3.78. The van der Waals surface area contributed by atoms with Gasteiger partial charge in [0.15, 0.2) is 0 Å². The van der Waals surface area contributed by atoms with Gasteiger partial charge in [-0.15, -0.1) is 0 Å². The zero-order valence-corrected chi connectivity index (χ0v) is 9.88. The smallest absolute Gasteiger partial charge is 0.220 e. The van der Waals surface area contributed by atoms with Crippen LogP contribution < -0.4 is 10.6 Å². The van der Waals surface area contributed by atoms with Crippen LogP contribution in [-0.4, -0.2) is 37.3 Å². The number of carbonyl (C=O) groups is 1. The van der Waals surface area contributed by atoms with E-state index in [1.165, 1.54) is 0 Å². The van der Waals surface area contributed by atoms with Crippen LogP contribution in [0.4, 0.5) is 0 Å². The normalized spacial score (nSPS) is 12.5. The third-order valence-corrected chi connectivity index (χ3v) is 2.34. The van der Waals surface area contributed by atoms with Crippen molar-refractivity contribution in [3.05, 3.63) is 0 Å². The first kappa shape index (κ1) is 14.4. The average molecular weight is 216 g/mol. The van der Waals surface area contributed by atoms with Crippen molar-refractivity contribution in [1.82, 2.24) is 10.6 Å². The van der Waals surface area contributed by atoms with E-state index in [0.717, 1.165) is 25.8 Å². The van der Waals surface area contributed by atoms with Crippen LogP contribution in [0.1, 0.15) is 39.0 Å². The summed E-state index contributed by atoms with van der Waals surface area (Å²) in [6.07, 6.45) is 3.96. The van der Waals surface area contributed by atoms with E-state index in [-0.39, 0.29) is 5.91 Å². The molecule has 0 aromatic heterocycles. The standard InChI is InChI=1S/C11H24N2O2/c1-3-10(14)9-13-11(15)7-5-4-6-8-12-2/h10,12,14H,3-9H2,1-2H3,(H,13,15). The van der Waals surface area contributed by atoms with Gasteiger partial charge < -0.3 is 15.7 Å². The molecule has 90 valence electrons. The Morgan fingerprint density at radius 1 is 1.33 bits per heavy atom. The average Bonchev–Trinajstić information content (AvgIpc) is 2.25. The first-order valence-electron chi connectivity index (χ1n) is 5.80. The molecular weight excluding hydrogens is 192 g/mol. The Bertz CT molecular complexity index is 163. The Hall–Kier alpha value is -0.610. The van der Waals surface area contributed by atoms with Crippen molar-refractivity contribution in [3.63, 3.8) is 0 Å². The lowest BCUT2D eigenvalue weighted by molar-refractivity contribution is -0.121. The fraction of sp³-hybridized carbons (Fsp3) is 0.909. The van der Waals surface area contributed by atoms with Gasteiger partial charge in [-0.2, -0.15) is 0 Å². The number of rotatable bonds is 9. The Balaban J connectivity index is 3.26. The minimum absolute atomic E-state index is 0.0481. The number of amides is 1. The summed E-state index contributed by atoms with van der Waals surface area (Å²) in [7, 11) is 1.93. The largest absolute Gasteiger partial charge is 0.391 e. The SMILES string of the molecule is CCC(O)CNC(=O)CCCCCNC. The molecule has 0 rings (SSSR count). The fourth-order valence-corrected chi connectivity index (χ4v) is 1.23. The molecule has 0 saturated heterocycles. The highest BCUT2D eigenvalue weighted by Gasteiger charge is 2.04. The summed E-state index contributed by atoms with van der Waals surface area (Å²) >= 11 is 0. The molecule has 4 nitrogen and oxygen atoms in total. The van der Waals surface area contributed by atoms with Gasteiger partial charge in [0.2, 0.25) is 5.91 Å². The van der Waals surface area contributed by atoms with Gasteiger partial charge in [-0.05, 0) is 32.9 Å². The minimum atomic E-state index is -0.404. The van der Waals surface area contributed by atoms with Crippen LogP contribution in [0.2, 0.25) is 0 Å². The Kier molecular flexibility index (Phi) is 9.52. The summed E-state index contributed by atoms with van der Waals surface area (Å²) in [5.74, 6) is 0.0481. The van der Waals surface area contributed by atoms with E-state index in [1.54, 1.807) is 0 Å². The number of hydrogen-bond acceptors (Lipinski definition) is 3. The van der Waals surface area contributed by atoms with Crippen LogP contribution >= 0.6 is 0 Å². The van der Waals surface area contributed by atoms with Crippen molar-refractivity contribution in [2.24, 2.45) is 0 Å². The third-order valence-electron chi connectivity index (χ3n) is 2.34. The quantitative estimate of drug-likeness (QED) is 0.496. The number of carbonyl (C=O) groups excluding carboxylic acids is 1. The molecule has 1 unspecified atom stereocenters. The van der Waals surface area contributed by atoms with Crippen molar-refractivity contribution >= 4 is 5.91 Å². The topological polar surface area (TPSA) is 61.4 Å². The highest BCUT2D eigenvalue weighted by Crippen LogP contribution is 1.98. The maximum Gasteiger partial charge on any atom is 0.220 e. The first-order chi connectivity index (χ1) is 7.20. The lowest BCUT2D eigenvalue weighted by Crippen LogP contribution is -2.31. The highest BCUT2D eigenvalue weighted by molar-refractivity contribution is 5.75. The number of aliphatic hydroxyl groups excluding tert-OH is 1. The van der Waals surface area contributed by atoms with Crippen LogP contribution in [0, 0.1) is 0 Å². The number of aliphatic hydroxyl groups is 1. The molecule has 0 aromatic rings. The van der Waals surface area contributed by atoms with Crippen LogP contribution in [0.3, 0.4) is 0 Å². The molecule has 0 aliphatic rings. The van der Waals surface area contributed by atoms with Crippen molar-refractivity contribution in [3.8, 4) is 0 Å². The number of nitrogens with one attached hydrogen (secondary N) is 2. The van der Waals surface area contributed by atoms with Crippen LogP contribution in [-0.2, 0) is 4.79 Å². The van der Waals surface area contributed by atoms with Gasteiger partial charge in [-0.25, -0.2) is 0 Å². The van der Waals surface area contributed by atoms with Gasteiger partial charge in [0.1, 0.15) is 0 Å². The second-order valence-corrected chi connectivity index (χ2v) is 3.78. The Morgan fingerprint density at radius 3 is 2.67 bits per heavy atom. The highest BCUT2D eigenvalue weighted by atomic mass is 16.3. The predicted octanol–water partition coefficient (Wildman–Crippen LogP) is 0.653. The van der Waals surface area contributed by atoms with Crippen LogP contribution in [0.5, 0.6) is 0 Å². The predicted molar refractivity (Wildman–Crippen MR) is 61.7 cm³/mol. The second kappa shape index (κ2) is 9.93. The molecule has 0 heterocycles. The Labute approximate surface area is 92.4 Å². The molecule has 0 fully saturated rings. The molecule has 3 N–H and O–H groups in total. The maximum atomic E-state index is 11.3. The van der Waals surface area contributed by atoms with Crippen molar-refractivity contribution in [1.29, 1.82) is 0 Å². The molecule has 0 aliphatic carbocycles. The van der Waals surface area contributed by atoms with Crippen LogP contribution in [0.25, 0.3) is 0 Å². The van der Waals surface area contributed by atoms with Crippen molar-refractivity contribution < 1.29 is 9.90 Å². The molecule has 0 bridgehead atoms. The summed E-state index contributed by atoms with van der Waals surface area (Å²) in [6.45, 7) is 3.29. The van der Waals surface area contributed by atoms with E-state index >= 15 is 0 Å². The summed E-state index contributed by atoms with van der Waals surface area (Å²) in [4.78, 5) is 11.3. The lowest BCUT2D eigenvalue weighted by Gasteiger charge is -2.09. The molecule has 0 aromatic carbocycles. The molecule has 0 spiro atoms. The molecule has 0 saturated carbocycles. The van der Waals surface area contributed by atoms with Crippen molar-refractivity contribution in [2.75, 3.05) is 20.1 Å². The Morgan fingerprint density at radius 2 is 2.07 bits per heavy atom. The summed E-state index contributed by atoms with van der Waals surface area (Å²) in [5.41, 5.74) is 0. The summed E-state index contributed by atoms with van der Waals surface area (Å²) < 4.78 is 0. The van der Waals surface area contributed by atoms with Gasteiger partial charge in [-0.1, -0.05) is 13.3 Å². The summed E-state index contributed by atoms with van der Waals surface area (Å²) in [5, 5.41) is 15.0. The zero-order chi connectivity index (χ0) is 11.5. The monoisotopic (exact) mass is 216 g/mol. The molecule has 4 heteroatoms. The first-order valence-corrected chi connectivity index (χ1v) is 5.80. The summed E-state index contributed by atoms with van der Waals surface area (Å²) in [6, 6.07) is 0. The van der Waals surface area contributed by atoms with Gasteiger partial charge in [0, 0.05) is 13.0 Å². The number of hydrogen-bond donors (Lipinski definition) is 3. The molecule has 0 aliphatic heterocycles. The van der Waals surface area contributed by atoms with E-state index in [2.05, 4.69) is 10.6 Å². The molecular formula is C11H24N2O2. The lowest BCUT2D eigenvalue weighted by atomic mass is 10.2. The number of unbranched alkanes of at least 4 members (excludes halogenated alkanes) is 2. The third kappa shape index (κ3) is 9.69. The van der Waals surface area contributed by atoms with E-state index in [1.807, 2.05) is 14.0 Å². The van der Waals surface area contributed by atoms with E-state index in [9.17, 15) is 9.90 Å². The van der Waals surface area contributed by atoms with Crippen molar-refractivity contribution in [2.45, 2.75) is 45.1 Å². The fourth-order valence-electron chi connectivity index (χ4n) is 1.23. The maximum absolute atomic E-state index is 11.3. The molecule has 15 heavy (non-hydrogen) atoms. The van der Waals surface area contributed by atoms with Gasteiger partial charge >= 0.3 is 0 Å². The molecule has 1 amide bonds. The van der Waals surface area contributed by atoms with Gasteiger partial charge in [-0.3, -0.25) is 4.79 Å². The zero-order valence-electron chi connectivity index (χ0n) is 9.88.